The van der Waals surface area contributed by atoms with Gasteiger partial charge in [0.25, 0.3) is 0 Å². The molecule has 0 rings (SSSR count). The molecule has 1 N–H and O–H groups in total. The van der Waals surface area contributed by atoms with E-state index >= 15 is 0 Å². The summed E-state index contributed by atoms with van der Waals surface area (Å²) in [5, 5.41) is 6.95. The zero-order valence-corrected chi connectivity index (χ0v) is 19.5. The average molecular weight is 470 g/mol. The van der Waals surface area contributed by atoms with Gasteiger partial charge in [0.15, 0.2) is 0 Å². The van der Waals surface area contributed by atoms with Gasteiger partial charge in [0, 0.05) is 138 Å². The predicted molar refractivity (Wildman–Crippen MR) is 29.8 cm³/mol. The molecule has 0 aliphatic heterocycles. The van der Waals surface area contributed by atoms with Crippen LogP contribution in [0.4, 0.5) is 0 Å². The Morgan fingerprint density at radius 2 is 1.62 bits per heavy atom. The van der Waals surface area contributed by atoms with E-state index in [-0.39, 0.29) is 138 Å². The fourth-order valence-electron chi connectivity index (χ4n) is 0. The third-order valence-electron chi connectivity index (χ3n) is 0.0373. The first kappa shape index (κ1) is 22.9. The van der Waals surface area contributed by atoms with Crippen molar-refractivity contribution in [3.8, 4) is 0 Å². The minimum atomic E-state index is 0. The van der Waals surface area contributed by atoms with E-state index in [2.05, 4.69) is 33.2 Å². The average Bonchev–Trinajstić information content (AvgIpc) is 1.72. The van der Waals surface area contributed by atoms with Crippen molar-refractivity contribution in [2.75, 3.05) is 0 Å². The van der Waals surface area contributed by atoms with Gasteiger partial charge in [-0.2, -0.15) is 0 Å². The Morgan fingerprint density at radius 3 is 1.62 bits per heavy atom. The molecule has 0 heterocycles. The number of hydrogen-bond donors (Lipinski definition) is 1. The van der Waals surface area contributed by atoms with Gasteiger partial charge >= 0.3 is 28.3 Å². The van der Waals surface area contributed by atoms with Gasteiger partial charge in [-0.1, -0.05) is 0 Å². The minimum absolute atomic E-state index is 0. The van der Waals surface area contributed by atoms with Gasteiger partial charge in [0.2, 0.25) is 0 Å². The molecular formula is CHBrCs2CuO3. The van der Waals surface area contributed by atoms with E-state index in [1.807, 2.05) is 0 Å². The van der Waals surface area contributed by atoms with Crippen LogP contribution in [0.5, 0.6) is 0 Å². The SMILES string of the molecule is O=[C-]OO.[Cs].[Cs].[Cu+][Br]. The van der Waals surface area contributed by atoms with Crippen molar-refractivity contribution in [1.29, 1.82) is 0 Å². The molecule has 0 fully saturated rings. The summed E-state index contributed by atoms with van der Waals surface area (Å²) in [6.45, 7) is 0.736. The van der Waals surface area contributed by atoms with Crippen LogP contribution in [-0.4, -0.2) is 150 Å². The number of hydrogen-bond acceptors (Lipinski definition) is 3. The first-order valence-corrected chi connectivity index (χ1v) is 3.03. The van der Waals surface area contributed by atoms with Crippen molar-refractivity contribution < 1.29 is 29.1 Å². The molecule has 0 spiro atoms. The van der Waals surface area contributed by atoms with Gasteiger partial charge in [-0.15, -0.1) is 0 Å². The molecule has 0 saturated carbocycles. The van der Waals surface area contributed by atoms with Crippen LogP contribution in [0.25, 0.3) is 0 Å². The van der Waals surface area contributed by atoms with Crippen LogP contribution in [0.3, 0.4) is 0 Å². The van der Waals surface area contributed by atoms with Crippen LogP contribution in [0.1, 0.15) is 0 Å². The van der Waals surface area contributed by atoms with Crippen molar-refractivity contribution in [2.24, 2.45) is 0 Å². The first-order valence-electron chi connectivity index (χ1n) is 0.705. The molecule has 0 saturated heterocycles. The fourth-order valence-corrected chi connectivity index (χ4v) is 0. The summed E-state index contributed by atoms with van der Waals surface area (Å²) in [6.07, 6.45) is 0. The number of carbonyl (C=O) groups excluding carboxylic acids is 1. The zero-order valence-electron chi connectivity index (χ0n) is 4.44. The number of halogens is 1. The van der Waals surface area contributed by atoms with Gasteiger partial charge in [-0.3, -0.25) is 0 Å². The molecule has 43 valence electrons. The molecule has 0 atom stereocenters. The van der Waals surface area contributed by atoms with E-state index in [9.17, 15) is 0 Å². The molecule has 0 unspecified atom stereocenters. The predicted octanol–water partition coefficient (Wildman–Crippen LogP) is -0.375. The molecule has 7 heteroatoms. The molecule has 0 aliphatic carbocycles. The van der Waals surface area contributed by atoms with Gasteiger partial charge in [0.05, 0.1) is 0 Å². The van der Waals surface area contributed by atoms with E-state index in [1.54, 1.807) is 0 Å². The molecule has 0 aliphatic rings. The zero-order chi connectivity index (χ0) is 5.41. The Labute approximate surface area is 181 Å². The van der Waals surface area contributed by atoms with Crippen LogP contribution in [-0.2, 0) is 23.9 Å². The second-order valence-corrected chi connectivity index (χ2v) is 0.175. The Balaban J connectivity index is -0.0000000183. The van der Waals surface area contributed by atoms with E-state index in [4.69, 9.17) is 10.1 Å². The van der Waals surface area contributed by atoms with Crippen LogP contribution in [0, 0.1) is 0 Å². The Kier molecular flexibility index (Phi) is 85.8. The molecule has 8 heavy (non-hydrogen) atoms. The van der Waals surface area contributed by atoms with E-state index in [1.165, 1.54) is 0 Å². The van der Waals surface area contributed by atoms with Crippen molar-refractivity contribution in [3.63, 3.8) is 0 Å². The van der Waals surface area contributed by atoms with Gasteiger partial charge < -0.3 is 9.68 Å². The summed E-state index contributed by atoms with van der Waals surface area (Å²) in [5.74, 6) is 0. The van der Waals surface area contributed by atoms with Crippen molar-refractivity contribution >= 4 is 158 Å². The summed E-state index contributed by atoms with van der Waals surface area (Å²) >= 11 is 6.50. The quantitative estimate of drug-likeness (QED) is 0.246. The summed E-state index contributed by atoms with van der Waals surface area (Å²) in [5.41, 5.74) is 0. The Bertz CT molecular complexity index is 31.2. The Hall–Kier alpha value is 4.53. The third kappa shape index (κ3) is 31.3. The molecule has 3 nitrogen and oxygen atoms in total. The maximum atomic E-state index is 8.58. The topological polar surface area (TPSA) is 46.5 Å². The van der Waals surface area contributed by atoms with Gasteiger partial charge in [-0.25, -0.2) is 5.26 Å². The van der Waals surface area contributed by atoms with Crippen LogP contribution < -0.4 is 0 Å². The monoisotopic (exact) mass is 469 g/mol. The second kappa shape index (κ2) is 30.0. The van der Waals surface area contributed by atoms with Crippen molar-refractivity contribution in [2.45, 2.75) is 0 Å². The molecule has 0 aromatic carbocycles. The third-order valence-corrected chi connectivity index (χ3v) is 0.0373. The molecular weight excluding hydrogens is 469 g/mol. The number of rotatable bonds is 1. The van der Waals surface area contributed by atoms with E-state index in [0.29, 0.717) is 0 Å². The summed E-state index contributed by atoms with van der Waals surface area (Å²) in [4.78, 5) is 11.3. The van der Waals surface area contributed by atoms with Crippen LogP contribution >= 0.6 is 14.1 Å². The van der Waals surface area contributed by atoms with Crippen molar-refractivity contribution in [1.82, 2.24) is 0 Å². The van der Waals surface area contributed by atoms with E-state index in [0.717, 1.165) is 6.47 Å². The fraction of sp³-hybridized carbons (Fsp3) is 0. The summed E-state index contributed by atoms with van der Waals surface area (Å²) in [7, 11) is 0. The maximum absolute atomic E-state index is 8.58. The van der Waals surface area contributed by atoms with Crippen LogP contribution in [0.2, 0.25) is 0 Å². The molecule has 0 amide bonds. The van der Waals surface area contributed by atoms with Crippen LogP contribution in [0.15, 0.2) is 0 Å². The van der Waals surface area contributed by atoms with Crippen molar-refractivity contribution in [3.05, 3.63) is 0 Å². The summed E-state index contributed by atoms with van der Waals surface area (Å²) < 4.78 is 0. The standard InChI is InChI=1S/CHO3.BrH.2Cs.Cu/c2-1-4-3;;;;/h3H;1H;;;/q-1;;;;+2/p-1. The summed E-state index contributed by atoms with van der Waals surface area (Å²) in [6, 6.07) is 0. The van der Waals surface area contributed by atoms with Gasteiger partial charge in [-0.05, 0) is 6.47 Å². The molecule has 0 aromatic heterocycles. The normalized spacial score (nSPS) is 3.50. The Morgan fingerprint density at radius 1 is 1.50 bits per heavy atom. The molecule has 0 bridgehead atoms. The van der Waals surface area contributed by atoms with E-state index < -0.39 is 0 Å². The van der Waals surface area contributed by atoms with Gasteiger partial charge in [0.1, 0.15) is 0 Å². The first-order chi connectivity index (χ1) is 2.91. The second-order valence-electron chi connectivity index (χ2n) is 0.175. The molecule has 2 radical (unpaired) electrons. The molecule has 0 aromatic rings.